The van der Waals surface area contributed by atoms with Crippen molar-refractivity contribution in [3.63, 3.8) is 0 Å². The third kappa shape index (κ3) is 2.93. The van der Waals surface area contributed by atoms with Crippen LogP contribution in [0.3, 0.4) is 0 Å². The molecule has 2 aromatic rings. The minimum Gasteiger partial charge on any atom is -0.394 e. The Morgan fingerprint density at radius 1 is 1.24 bits per heavy atom. The molecule has 1 aromatic heterocycles. The van der Waals surface area contributed by atoms with E-state index in [1.807, 2.05) is 30.3 Å². The highest BCUT2D eigenvalue weighted by atomic mass is 35.5. The molecule has 2 rings (SSSR count). The number of rotatable bonds is 2. The zero-order valence-corrected chi connectivity index (χ0v) is 9.94. The van der Waals surface area contributed by atoms with Crippen LogP contribution < -0.4 is 4.74 Å². The lowest BCUT2D eigenvalue weighted by Gasteiger charge is -2.04. The van der Waals surface area contributed by atoms with Crippen molar-refractivity contribution in [3.8, 4) is 17.3 Å². The molecule has 0 bridgehead atoms. The molecular formula is C11H6Cl2N2O2. The van der Waals surface area contributed by atoms with Crippen molar-refractivity contribution in [3.05, 3.63) is 41.6 Å². The van der Waals surface area contributed by atoms with Crippen LogP contribution in [-0.4, -0.2) is 15.4 Å². The first-order valence-electron chi connectivity index (χ1n) is 4.62. The zero-order valence-electron chi connectivity index (χ0n) is 8.43. The normalized spacial score (nSPS) is 10.0. The van der Waals surface area contributed by atoms with E-state index in [0.717, 1.165) is 5.56 Å². The van der Waals surface area contributed by atoms with Gasteiger partial charge in [-0.3, -0.25) is 0 Å². The van der Waals surface area contributed by atoms with Gasteiger partial charge in [0.15, 0.2) is 5.82 Å². The fourth-order valence-corrected chi connectivity index (χ4v) is 1.43. The van der Waals surface area contributed by atoms with Crippen molar-refractivity contribution in [2.75, 3.05) is 0 Å². The third-order valence-corrected chi connectivity index (χ3v) is 2.26. The number of halogens is 2. The van der Waals surface area contributed by atoms with Crippen molar-refractivity contribution in [2.24, 2.45) is 0 Å². The molecule has 0 atom stereocenters. The van der Waals surface area contributed by atoms with Crippen LogP contribution in [0.4, 0.5) is 4.79 Å². The molecule has 0 N–H and O–H groups in total. The van der Waals surface area contributed by atoms with Crippen LogP contribution in [-0.2, 0) is 0 Å². The fraction of sp³-hybridized carbons (Fsp3) is 0. The van der Waals surface area contributed by atoms with Gasteiger partial charge in [0.2, 0.25) is 5.88 Å². The largest absolute Gasteiger partial charge is 0.410 e. The number of aromatic nitrogens is 2. The van der Waals surface area contributed by atoms with Crippen molar-refractivity contribution < 1.29 is 9.53 Å². The SMILES string of the molecule is O=C(Cl)Oc1nc(-c2ccccc2)ncc1Cl. The Morgan fingerprint density at radius 2 is 1.94 bits per heavy atom. The maximum absolute atomic E-state index is 10.6. The van der Waals surface area contributed by atoms with E-state index in [4.69, 9.17) is 23.2 Å². The molecule has 0 unspecified atom stereocenters. The Hall–Kier alpha value is -1.65. The van der Waals surface area contributed by atoms with Crippen LogP contribution in [0, 0.1) is 0 Å². The van der Waals surface area contributed by atoms with Crippen LogP contribution in [0.2, 0.25) is 5.02 Å². The van der Waals surface area contributed by atoms with E-state index in [-0.39, 0.29) is 10.9 Å². The highest BCUT2D eigenvalue weighted by molar-refractivity contribution is 6.61. The summed E-state index contributed by atoms with van der Waals surface area (Å²) < 4.78 is 4.65. The molecule has 0 saturated heterocycles. The maximum Gasteiger partial charge on any atom is 0.410 e. The van der Waals surface area contributed by atoms with Gasteiger partial charge in [-0.1, -0.05) is 41.9 Å². The van der Waals surface area contributed by atoms with E-state index in [9.17, 15) is 4.79 Å². The molecular weight excluding hydrogens is 263 g/mol. The van der Waals surface area contributed by atoms with Gasteiger partial charge in [0.05, 0.1) is 6.20 Å². The molecule has 17 heavy (non-hydrogen) atoms. The highest BCUT2D eigenvalue weighted by Crippen LogP contribution is 2.24. The van der Waals surface area contributed by atoms with Crippen molar-refractivity contribution >= 4 is 28.6 Å². The summed E-state index contributed by atoms with van der Waals surface area (Å²) in [5.41, 5.74) is -0.208. The summed E-state index contributed by atoms with van der Waals surface area (Å²) >= 11 is 10.9. The maximum atomic E-state index is 10.6. The van der Waals surface area contributed by atoms with Crippen molar-refractivity contribution in [2.45, 2.75) is 0 Å². The smallest absolute Gasteiger partial charge is 0.394 e. The second-order valence-corrected chi connectivity index (χ2v) is 3.77. The van der Waals surface area contributed by atoms with Crippen molar-refractivity contribution in [1.29, 1.82) is 0 Å². The van der Waals surface area contributed by atoms with E-state index < -0.39 is 5.43 Å². The van der Waals surface area contributed by atoms with Crippen LogP contribution in [0.15, 0.2) is 36.5 Å². The number of carbonyl (C=O) groups is 1. The molecule has 1 aromatic carbocycles. The van der Waals surface area contributed by atoms with E-state index in [0.29, 0.717) is 5.82 Å². The van der Waals surface area contributed by atoms with E-state index >= 15 is 0 Å². The van der Waals surface area contributed by atoms with Crippen molar-refractivity contribution in [1.82, 2.24) is 9.97 Å². The average Bonchev–Trinajstić information content (AvgIpc) is 2.32. The van der Waals surface area contributed by atoms with Gasteiger partial charge in [-0.2, -0.15) is 4.98 Å². The van der Waals surface area contributed by atoms with E-state index in [1.165, 1.54) is 6.20 Å². The molecule has 0 saturated carbocycles. The number of nitrogens with zero attached hydrogens (tertiary/aromatic N) is 2. The van der Waals surface area contributed by atoms with Crippen LogP contribution in [0.25, 0.3) is 11.4 Å². The predicted octanol–water partition coefficient (Wildman–Crippen LogP) is 3.53. The average molecular weight is 269 g/mol. The van der Waals surface area contributed by atoms with Crippen LogP contribution >= 0.6 is 23.2 Å². The molecule has 0 aliphatic heterocycles. The number of hydrogen-bond donors (Lipinski definition) is 0. The summed E-state index contributed by atoms with van der Waals surface area (Å²) in [6, 6.07) is 9.23. The summed E-state index contributed by atoms with van der Waals surface area (Å²) in [4.78, 5) is 18.7. The summed E-state index contributed by atoms with van der Waals surface area (Å²) in [5, 5.41) is 0.124. The molecule has 0 radical (unpaired) electrons. The van der Waals surface area contributed by atoms with Gasteiger partial charge in [0.1, 0.15) is 5.02 Å². The lowest BCUT2D eigenvalue weighted by Crippen LogP contribution is -2.01. The Kier molecular flexibility index (Phi) is 3.56. The second kappa shape index (κ2) is 5.12. The first-order valence-corrected chi connectivity index (χ1v) is 5.37. The quantitative estimate of drug-likeness (QED) is 0.782. The summed E-state index contributed by atoms with van der Waals surface area (Å²) in [7, 11) is 0. The van der Waals surface area contributed by atoms with Gasteiger partial charge >= 0.3 is 5.43 Å². The first-order chi connectivity index (χ1) is 8.16. The molecule has 0 fully saturated rings. The zero-order chi connectivity index (χ0) is 12.3. The molecule has 0 amide bonds. The highest BCUT2D eigenvalue weighted by Gasteiger charge is 2.10. The third-order valence-electron chi connectivity index (χ3n) is 1.92. The number of ether oxygens (including phenoxy) is 1. The molecule has 0 spiro atoms. The van der Waals surface area contributed by atoms with Gasteiger partial charge in [-0.15, -0.1) is 0 Å². The minimum atomic E-state index is -0.996. The molecule has 0 aliphatic carbocycles. The van der Waals surface area contributed by atoms with Crippen LogP contribution in [0.5, 0.6) is 5.88 Å². The minimum absolute atomic E-state index is 0.0551. The predicted molar refractivity (Wildman–Crippen MR) is 64.4 cm³/mol. The topological polar surface area (TPSA) is 52.1 Å². The fourth-order valence-electron chi connectivity index (χ4n) is 1.23. The molecule has 4 nitrogen and oxygen atoms in total. The molecule has 6 heteroatoms. The van der Waals surface area contributed by atoms with E-state index in [2.05, 4.69) is 14.7 Å². The van der Waals surface area contributed by atoms with Gasteiger partial charge in [0.25, 0.3) is 0 Å². The second-order valence-electron chi connectivity index (χ2n) is 3.05. The van der Waals surface area contributed by atoms with Gasteiger partial charge in [-0.25, -0.2) is 9.78 Å². The van der Waals surface area contributed by atoms with Gasteiger partial charge < -0.3 is 4.74 Å². The Bertz CT molecular complexity index is 546. The number of hydrogen-bond acceptors (Lipinski definition) is 4. The molecule has 86 valence electrons. The van der Waals surface area contributed by atoms with Crippen LogP contribution in [0.1, 0.15) is 0 Å². The Balaban J connectivity index is 2.41. The lowest BCUT2D eigenvalue weighted by molar-refractivity contribution is 0.224. The summed E-state index contributed by atoms with van der Waals surface area (Å²) in [5.74, 6) is 0.350. The molecule has 0 aliphatic rings. The number of benzene rings is 1. The standard InChI is InChI=1S/C11H6Cl2N2O2/c12-8-6-14-9(7-4-2-1-3-5-7)15-10(8)17-11(13)16/h1-6H. The van der Waals surface area contributed by atoms with E-state index in [1.54, 1.807) is 0 Å². The summed E-state index contributed by atoms with van der Waals surface area (Å²) in [6.07, 6.45) is 1.35. The monoisotopic (exact) mass is 268 g/mol. The lowest BCUT2D eigenvalue weighted by atomic mass is 10.2. The first kappa shape index (κ1) is 11.8. The Labute approximate surface area is 107 Å². The number of carbonyl (C=O) groups excluding carboxylic acids is 1. The Morgan fingerprint density at radius 3 is 2.59 bits per heavy atom. The van der Waals surface area contributed by atoms with Gasteiger partial charge in [0, 0.05) is 17.2 Å². The molecule has 1 heterocycles. The van der Waals surface area contributed by atoms with Gasteiger partial charge in [-0.05, 0) is 0 Å². The summed E-state index contributed by atoms with van der Waals surface area (Å²) in [6.45, 7) is 0.